The highest BCUT2D eigenvalue weighted by molar-refractivity contribution is 8.13. The minimum Gasteiger partial charge on any atom is -0.276 e. The normalized spacial score (nSPS) is 48.1. The van der Waals surface area contributed by atoms with Gasteiger partial charge in [-0.05, 0) is 36.3 Å². The molecule has 14 heavy (non-hydrogen) atoms. The summed E-state index contributed by atoms with van der Waals surface area (Å²) in [5.74, 6) is 1.76. The van der Waals surface area contributed by atoms with Gasteiger partial charge < -0.3 is 0 Å². The first-order valence-corrected chi connectivity index (χ1v) is 6.96. The van der Waals surface area contributed by atoms with E-state index in [9.17, 15) is 0 Å². The molecule has 1 nitrogen and oxygen atoms in total. The van der Waals surface area contributed by atoms with Crippen LogP contribution in [0.2, 0.25) is 0 Å². The van der Waals surface area contributed by atoms with Crippen molar-refractivity contribution < 1.29 is 0 Å². The Kier molecular flexibility index (Phi) is 1.70. The summed E-state index contributed by atoms with van der Waals surface area (Å²) in [5, 5.41) is 1.42. The van der Waals surface area contributed by atoms with E-state index in [4.69, 9.17) is 4.99 Å². The Hall–Kier alpha value is 0.0200. The van der Waals surface area contributed by atoms with E-state index in [0.29, 0.717) is 11.0 Å². The molecule has 0 bridgehead atoms. The first kappa shape index (κ1) is 9.26. The lowest BCUT2D eigenvalue weighted by Crippen LogP contribution is -2.61. The second-order valence-corrected chi connectivity index (χ2v) is 6.60. The highest BCUT2D eigenvalue weighted by Crippen LogP contribution is 2.70. The van der Waals surface area contributed by atoms with Crippen LogP contribution in [0.15, 0.2) is 4.99 Å². The molecule has 0 aromatic rings. The average Bonchev–Trinajstić information content (AvgIpc) is 2.70. The third-order valence-corrected chi connectivity index (χ3v) is 5.75. The van der Waals surface area contributed by atoms with E-state index in [1.54, 1.807) is 0 Å². The van der Waals surface area contributed by atoms with Gasteiger partial charge in [-0.25, -0.2) is 0 Å². The summed E-state index contributed by atoms with van der Waals surface area (Å²) in [6.45, 7) is 4.93. The van der Waals surface area contributed by atoms with Crippen molar-refractivity contribution in [2.45, 2.75) is 45.1 Å². The van der Waals surface area contributed by atoms with Crippen molar-refractivity contribution >= 4 is 16.8 Å². The third kappa shape index (κ3) is 0.827. The van der Waals surface area contributed by atoms with Crippen molar-refractivity contribution in [2.24, 2.45) is 22.2 Å². The highest BCUT2D eigenvalue weighted by atomic mass is 32.2. The van der Waals surface area contributed by atoms with Crippen LogP contribution in [-0.2, 0) is 0 Å². The maximum Gasteiger partial charge on any atom is 0.0688 e. The lowest BCUT2D eigenvalue weighted by atomic mass is 9.45. The van der Waals surface area contributed by atoms with Gasteiger partial charge in [-0.1, -0.05) is 20.3 Å². The molecule has 0 saturated heterocycles. The third-order valence-electron chi connectivity index (χ3n) is 5.02. The molecule has 3 atom stereocenters. The van der Waals surface area contributed by atoms with Crippen molar-refractivity contribution in [3.63, 3.8) is 0 Å². The predicted octanol–water partition coefficient (Wildman–Crippen LogP) is 3.35. The molecule has 3 rings (SSSR count). The van der Waals surface area contributed by atoms with Crippen LogP contribution in [0.25, 0.3) is 0 Å². The Bertz CT molecular complexity index is 307. The summed E-state index contributed by atoms with van der Waals surface area (Å²) in [4.78, 5) is 5.04. The molecule has 2 saturated carbocycles. The molecule has 1 aliphatic heterocycles. The molecule has 3 aliphatic rings. The molecule has 78 valence electrons. The summed E-state index contributed by atoms with van der Waals surface area (Å²) in [6.07, 6.45) is 7.65. The van der Waals surface area contributed by atoms with Crippen molar-refractivity contribution in [1.29, 1.82) is 0 Å². The molecule has 2 heteroatoms. The second kappa shape index (κ2) is 2.58. The molecule has 1 heterocycles. The summed E-state index contributed by atoms with van der Waals surface area (Å²) in [6, 6.07) is 0. The van der Waals surface area contributed by atoms with Crippen LogP contribution in [0.1, 0.15) is 39.5 Å². The lowest BCUT2D eigenvalue weighted by molar-refractivity contribution is -0.0834. The summed E-state index contributed by atoms with van der Waals surface area (Å²) in [5.41, 5.74) is 0.985. The van der Waals surface area contributed by atoms with Crippen LogP contribution in [0.4, 0.5) is 0 Å². The van der Waals surface area contributed by atoms with Gasteiger partial charge in [-0.15, -0.1) is 11.8 Å². The van der Waals surface area contributed by atoms with Gasteiger partial charge in [0.1, 0.15) is 0 Å². The minimum absolute atomic E-state index is 0.418. The highest BCUT2D eigenvalue weighted by Gasteiger charge is 2.69. The van der Waals surface area contributed by atoms with E-state index in [0.717, 1.165) is 11.8 Å². The van der Waals surface area contributed by atoms with Crippen LogP contribution in [-0.4, -0.2) is 16.8 Å². The van der Waals surface area contributed by atoms with Crippen molar-refractivity contribution in [3.05, 3.63) is 0 Å². The smallest absolute Gasteiger partial charge is 0.0688 e. The molecule has 0 radical (unpaired) electrons. The first-order valence-electron chi connectivity index (χ1n) is 5.74. The SMILES string of the molecule is CSC1=N[C@]23CCC[C@@H]2C(C)(C)[C@@H]3C1. The molecular weight excluding hydrogens is 190 g/mol. The monoisotopic (exact) mass is 209 g/mol. The molecule has 2 aliphatic carbocycles. The standard InChI is InChI=1S/C12H19NS/c1-11(2)8-5-4-6-12(8)9(11)7-10(13-12)14-3/h8-9H,4-7H2,1-3H3/t8-,9+,12-/m1/s1. The first-order chi connectivity index (χ1) is 6.61. The van der Waals surface area contributed by atoms with Gasteiger partial charge in [-0.3, -0.25) is 4.99 Å². The van der Waals surface area contributed by atoms with Gasteiger partial charge >= 0.3 is 0 Å². The van der Waals surface area contributed by atoms with Gasteiger partial charge in [0, 0.05) is 6.42 Å². The van der Waals surface area contributed by atoms with E-state index in [1.807, 2.05) is 11.8 Å². The Morgan fingerprint density at radius 1 is 1.36 bits per heavy atom. The molecule has 2 fully saturated rings. The predicted molar refractivity (Wildman–Crippen MR) is 62.9 cm³/mol. The van der Waals surface area contributed by atoms with E-state index >= 15 is 0 Å². The average molecular weight is 209 g/mol. The number of nitrogens with zero attached hydrogens (tertiary/aromatic N) is 1. The Balaban J connectivity index is 1.99. The fourth-order valence-corrected chi connectivity index (χ4v) is 5.07. The second-order valence-electron chi connectivity index (χ2n) is 5.72. The van der Waals surface area contributed by atoms with E-state index in [1.165, 1.54) is 30.7 Å². The van der Waals surface area contributed by atoms with E-state index in [-0.39, 0.29) is 0 Å². The van der Waals surface area contributed by atoms with Crippen molar-refractivity contribution in [2.75, 3.05) is 6.26 Å². The lowest BCUT2D eigenvalue weighted by Gasteiger charge is -2.60. The molecule has 0 unspecified atom stereocenters. The van der Waals surface area contributed by atoms with E-state index in [2.05, 4.69) is 20.1 Å². The summed E-state index contributed by atoms with van der Waals surface area (Å²) < 4.78 is 0. The molecule has 1 spiro atoms. The molecule has 0 N–H and O–H groups in total. The van der Waals surface area contributed by atoms with Gasteiger partial charge in [-0.2, -0.15) is 0 Å². The number of aliphatic imine (C=N–C) groups is 1. The van der Waals surface area contributed by atoms with Crippen LogP contribution in [0.3, 0.4) is 0 Å². The summed E-state index contributed by atoms with van der Waals surface area (Å²) in [7, 11) is 0. The van der Waals surface area contributed by atoms with Crippen LogP contribution in [0.5, 0.6) is 0 Å². The number of hydrogen-bond donors (Lipinski definition) is 0. The largest absolute Gasteiger partial charge is 0.276 e. The zero-order chi connectivity index (χ0) is 9.97. The fourth-order valence-electron chi connectivity index (χ4n) is 4.47. The van der Waals surface area contributed by atoms with Crippen LogP contribution in [0, 0.1) is 17.3 Å². The van der Waals surface area contributed by atoms with Crippen LogP contribution < -0.4 is 0 Å². The minimum atomic E-state index is 0.418. The zero-order valence-electron chi connectivity index (χ0n) is 9.34. The van der Waals surface area contributed by atoms with E-state index < -0.39 is 0 Å². The van der Waals surface area contributed by atoms with Gasteiger partial charge in [0.15, 0.2) is 0 Å². The van der Waals surface area contributed by atoms with Crippen LogP contribution >= 0.6 is 11.8 Å². The fraction of sp³-hybridized carbons (Fsp3) is 0.917. The number of hydrogen-bond acceptors (Lipinski definition) is 2. The topological polar surface area (TPSA) is 12.4 Å². The Labute approximate surface area is 90.8 Å². The molecule has 0 aromatic carbocycles. The maximum absolute atomic E-state index is 5.04. The molecule has 0 aromatic heterocycles. The maximum atomic E-state index is 5.04. The quantitative estimate of drug-likeness (QED) is 0.596. The molecular formula is C12H19NS. The molecule has 0 amide bonds. The number of thioether (sulfide) groups is 1. The Morgan fingerprint density at radius 3 is 2.86 bits per heavy atom. The Morgan fingerprint density at radius 2 is 2.14 bits per heavy atom. The van der Waals surface area contributed by atoms with Crippen molar-refractivity contribution in [3.8, 4) is 0 Å². The number of rotatable bonds is 0. The van der Waals surface area contributed by atoms with Gasteiger partial charge in [0.2, 0.25) is 0 Å². The zero-order valence-corrected chi connectivity index (χ0v) is 10.2. The van der Waals surface area contributed by atoms with Gasteiger partial charge in [0.05, 0.1) is 10.6 Å². The summed E-state index contributed by atoms with van der Waals surface area (Å²) >= 11 is 1.87. The van der Waals surface area contributed by atoms with Gasteiger partial charge in [0.25, 0.3) is 0 Å². The van der Waals surface area contributed by atoms with Crippen molar-refractivity contribution in [1.82, 2.24) is 0 Å².